The van der Waals surface area contributed by atoms with Crippen LogP contribution >= 0.6 is 0 Å². The second-order valence-corrected chi connectivity index (χ2v) is 6.70. The number of aryl methyl sites for hydroxylation is 2. The largest absolute Gasteiger partial charge is 0.370 e. The molecule has 4 heteroatoms. The molecular formula is C22H24N4. The van der Waals surface area contributed by atoms with Gasteiger partial charge in [0.15, 0.2) is 0 Å². The Morgan fingerprint density at radius 3 is 2.69 bits per heavy atom. The smallest absolute Gasteiger partial charge is 0.138 e. The van der Waals surface area contributed by atoms with Crippen LogP contribution < -0.4 is 10.2 Å². The Balaban J connectivity index is 1.52. The van der Waals surface area contributed by atoms with Gasteiger partial charge >= 0.3 is 0 Å². The molecule has 0 aliphatic carbocycles. The van der Waals surface area contributed by atoms with Crippen LogP contribution in [-0.4, -0.2) is 23.1 Å². The third-order valence-electron chi connectivity index (χ3n) is 4.77. The number of benzene rings is 2. The molecule has 1 aliphatic heterocycles. The zero-order chi connectivity index (χ0) is 17.8. The minimum atomic E-state index is 0.799. The second kappa shape index (κ2) is 7.56. The van der Waals surface area contributed by atoms with Gasteiger partial charge in [0.1, 0.15) is 17.5 Å². The molecule has 0 saturated heterocycles. The summed E-state index contributed by atoms with van der Waals surface area (Å²) in [5, 5.41) is 3.46. The van der Waals surface area contributed by atoms with Gasteiger partial charge in [-0.3, -0.25) is 0 Å². The lowest BCUT2D eigenvalue weighted by atomic mass is 10.0. The van der Waals surface area contributed by atoms with Crippen molar-refractivity contribution in [1.82, 2.24) is 9.97 Å². The zero-order valence-electron chi connectivity index (χ0n) is 15.2. The van der Waals surface area contributed by atoms with Crippen LogP contribution in [0.3, 0.4) is 0 Å². The third kappa shape index (κ3) is 3.69. The van der Waals surface area contributed by atoms with Crippen LogP contribution in [0, 0.1) is 6.92 Å². The van der Waals surface area contributed by atoms with Crippen molar-refractivity contribution in [2.24, 2.45) is 0 Å². The van der Waals surface area contributed by atoms with E-state index in [1.54, 1.807) is 0 Å². The van der Waals surface area contributed by atoms with Gasteiger partial charge < -0.3 is 10.2 Å². The fourth-order valence-corrected chi connectivity index (χ4v) is 3.53. The van der Waals surface area contributed by atoms with Crippen LogP contribution in [0.5, 0.6) is 0 Å². The summed E-state index contributed by atoms with van der Waals surface area (Å²) < 4.78 is 0. The van der Waals surface area contributed by atoms with Crippen LogP contribution in [0.2, 0.25) is 0 Å². The number of nitrogens with one attached hydrogen (secondary N) is 1. The summed E-state index contributed by atoms with van der Waals surface area (Å²) in [6, 6.07) is 21.2. The first-order chi connectivity index (χ1) is 12.8. The van der Waals surface area contributed by atoms with Crippen LogP contribution in [-0.2, 0) is 12.8 Å². The fourth-order valence-electron chi connectivity index (χ4n) is 3.53. The van der Waals surface area contributed by atoms with Gasteiger partial charge in [-0.2, -0.15) is 0 Å². The predicted molar refractivity (Wildman–Crippen MR) is 107 cm³/mol. The van der Waals surface area contributed by atoms with E-state index in [1.165, 1.54) is 16.8 Å². The van der Waals surface area contributed by atoms with Crippen molar-refractivity contribution in [3.63, 3.8) is 0 Å². The maximum Gasteiger partial charge on any atom is 0.138 e. The first kappa shape index (κ1) is 16.6. The Hall–Kier alpha value is -2.88. The van der Waals surface area contributed by atoms with Gasteiger partial charge in [-0.25, -0.2) is 9.97 Å². The molecule has 26 heavy (non-hydrogen) atoms. The Morgan fingerprint density at radius 1 is 1.00 bits per heavy atom. The first-order valence-corrected chi connectivity index (χ1v) is 9.28. The van der Waals surface area contributed by atoms with E-state index in [2.05, 4.69) is 69.8 Å². The summed E-state index contributed by atoms with van der Waals surface area (Å²) in [5.41, 5.74) is 4.00. The summed E-state index contributed by atoms with van der Waals surface area (Å²) in [5.74, 6) is 2.67. The van der Waals surface area contributed by atoms with E-state index in [0.29, 0.717) is 0 Å². The molecule has 0 unspecified atom stereocenters. The molecule has 132 valence electrons. The van der Waals surface area contributed by atoms with Crippen molar-refractivity contribution in [2.45, 2.75) is 26.2 Å². The minimum Gasteiger partial charge on any atom is -0.370 e. The molecule has 2 heterocycles. The highest BCUT2D eigenvalue weighted by atomic mass is 15.2. The maximum absolute atomic E-state index is 4.70. The third-order valence-corrected chi connectivity index (χ3v) is 4.77. The predicted octanol–water partition coefficient (Wildman–Crippen LogP) is 4.52. The Kier molecular flexibility index (Phi) is 4.82. The normalized spacial score (nSPS) is 13.3. The van der Waals surface area contributed by atoms with Crippen LogP contribution in [0.4, 0.5) is 17.3 Å². The van der Waals surface area contributed by atoms with Gasteiger partial charge in [0.05, 0.1) is 0 Å². The Labute approximate surface area is 154 Å². The second-order valence-electron chi connectivity index (χ2n) is 6.70. The lowest BCUT2D eigenvalue weighted by molar-refractivity contribution is 0.756. The maximum atomic E-state index is 4.70. The highest BCUT2D eigenvalue weighted by Gasteiger charge is 2.19. The summed E-state index contributed by atoms with van der Waals surface area (Å²) in [7, 11) is 0. The molecule has 1 aliphatic rings. The molecule has 4 nitrogen and oxygen atoms in total. The molecule has 0 amide bonds. The average molecular weight is 344 g/mol. The topological polar surface area (TPSA) is 41.1 Å². The Morgan fingerprint density at radius 2 is 1.81 bits per heavy atom. The van der Waals surface area contributed by atoms with E-state index in [-0.39, 0.29) is 0 Å². The van der Waals surface area contributed by atoms with Crippen LogP contribution in [0.15, 0.2) is 60.7 Å². The van der Waals surface area contributed by atoms with E-state index in [4.69, 9.17) is 4.98 Å². The number of anilines is 3. The summed E-state index contributed by atoms with van der Waals surface area (Å²) in [6.07, 6.45) is 3.27. The number of rotatable bonds is 5. The molecule has 0 saturated carbocycles. The highest BCUT2D eigenvalue weighted by molar-refractivity contribution is 5.67. The molecule has 2 aromatic carbocycles. The van der Waals surface area contributed by atoms with E-state index in [0.717, 1.165) is 49.8 Å². The molecule has 4 rings (SSSR count). The molecular weight excluding hydrogens is 320 g/mol. The van der Waals surface area contributed by atoms with Crippen molar-refractivity contribution in [2.75, 3.05) is 23.3 Å². The number of nitrogens with zero attached hydrogens (tertiary/aromatic N) is 3. The van der Waals surface area contributed by atoms with Crippen molar-refractivity contribution < 1.29 is 0 Å². The lowest BCUT2D eigenvalue weighted by Crippen LogP contribution is -2.25. The zero-order valence-corrected chi connectivity index (χ0v) is 15.2. The molecule has 0 atom stereocenters. The molecule has 3 aromatic rings. The van der Waals surface area contributed by atoms with E-state index < -0.39 is 0 Å². The number of para-hydroxylation sites is 1. The van der Waals surface area contributed by atoms with E-state index in [1.807, 2.05) is 13.0 Å². The number of hydrogen-bond acceptors (Lipinski definition) is 4. The van der Waals surface area contributed by atoms with Gasteiger partial charge in [0.2, 0.25) is 0 Å². The van der Waals surface area contributed by atoms with E-state index >= 15 is 0 Å². The highest BCUT2D eigenvalue weighted by Crippen LogP contribution is 2.32. The fraction of sp³-hybridized carbons (Fsp3) is 0.273. The summed E-state index contributed by atoms with van der Waals surface area (Å²) >= 11 is 0. The lowest BCUT2D eigenvalue weighted by Gasteiger charge is -2.30. The summed E-state index contributed by atoms with van der Waals surface area (Å²) in [4.78, 5) is 11.6. The molecule has 0 bridgehead atoms. The van der Waals surface area contributed by atoms with Crippen LogP contribution in [0.1, 0.15) is 23.4 Å². The van der Waals surface area contributed by atoms with Crippen LogP contribution in [0.25, 0.3) is 0 Å². The van der Waals surface area contributed by atoms with Gasteiger partial charge in [-0.1, -0.05) is 48.5 Å². The number of hydrogen-bond donors (Lipinski definition) is 1. The first-order valence-electron chi connectivity index (χ1n) is 9.28. The minimum absolute atomic E-state index is 0.799. The van der Waals surface area contributed by atoms with Gasteiger partial charge in [0.25, 0.3) is 0 Å². The molecule has 1 aromatic heterocycles. The molecule has 0 radical (unpaired) electrons. The van der Waals surface area contributed by atoms with Crippen molar-refractivity contribution in [1.29, 1.82) is 0 Å². The quantitative estimate of drug-likeness (QED) is 0.738. The van der Waals surface area contributed by atoms with Gasteiger partial charge in [0, 0.05) is 24.8 Å². The Bertz CT molecular complexity index is 876. The molecule has 0 spiro atoms. The monoisotopic (exact) mass is 344 g/mol. The molecule has 0 fully saturated rings. The van der Waals surface area contributed by atoms with Crippen molar-refractivity contribution >= 4 is 17.3 Å². The van der Waals surface area contributed by atoms with Gasteiger partial charge in [-0.15, -0.1) is 0 Å². The molecule has 1 N–H and O–H groups in total. The standard InChI is InChI=1S/C22H24N4/c1-17-24-21(23-14-13-18-8-3-2-4-9-18)16-22(25-17)26-15-7-11-19-10-5-6-12-20(19)26/h2-6,8-10,12,16H,7,11,13-15H2,1H3,(H,23,24,25). The van der Waals surface area contributed by atoms with E-state index in [9.17, 15) is 0 Å². The van der Waals surface area contributed by atoms with Crippen molar-refractivity contribution in [3.8, 4) is 0 Å². The number of fused-ring (bicyclic) bond motifs is 1. The SMILES string of the molecule is Cc1nc(NCCc2ccccc2)cc(N2CCCc3ccccc32)n1. The number of aromatic nitrogens is 2. The van der Waals surface area contributed by atoms with Crippen molar-refractivity contribution in [3.05, 3.63) is 77.6 Å². The van der Waals surface area contributed by atoms with Gasteiger partial charge in [-0.05, 0) is 43.4 Å². The average Bonchev–Trinajstić information content (AvgIpc) is 2.68. The summed E-state index contributed by atoms with van der Waals surface area (Å²) in [6.45, 7) is 3.81.